The molecule has 0 aliphatic heterocycles. The SMILES string of the molecule is CNC(c1cc(C)c(Br)c(C)c1)c1cc(Cl)ccc1Cl. The highest BCUT2D eigenvalue weighted by Gasteiger charge is 2.17. The summed E-state index contributed by atoms with van der Waals surface area (Å²) in [5, 5.41) is 4.72. The van der Waals surface area contributed by atoms with Gasteiger partial charge in [0.05, 0.1) is 6.04 Å². The molecule has 0 spiro atoms. The van der Waals surface area contributed by atoms with Gasteiger partial charge >= 0.3 is 0 Å². The third kappa shape index (κ3) is 3.20. The first-order valence-corrected chi connectivity index (χ1v) is 7.87. The molecule has 0 heterocycles. The van der Waals surface area contributed by atoms with Crippen LogP contribution >= 0.6 is 39.1 Å². The summed E-state index contributed by atoms with van der Waals surface area (Å²) in [5.74, 6) is 0. The molecule has 0 saturated heterocycles. The van der Waals surface area contributed by atoms with Crippen LogP contribution < -0.4 is 5.32 Å². The molecule has 0 aliphatic rings. The lowest BCUT2D eigenvalue weighted by Gasteiger charge is -2.20. The summed E-state index contributed by atoms with van der Waals surface area (Å²) in [4.78, 5) is 0. The largest absolute Gasteiger partial charge is 0.309 e. The van der Waals surface area contributed by atoms with Gasteiger partial charge in [-0.3, -0.25) is 0 Å². The lowest BCUT2D eigenvalue weighted by atomic mass is 9.95. The summed E-state index contributed by atoms with van der Waals surface area (Å²) >= 11 is 16.0. The standard InChI is InChI=1S/C16H16BrCl2N/c1-9-6-11(7-10(2)15(9)17)16(20-3)13-8-12(18)4-5-14(13)19/h4-8,16,20H,1-3H3. The first-order valence-electron chi connectivity index (χ1n) is 6.33. The fraction of sp³-hybridized carbons (Fsp3) is 0.250. The van der Waals surface area contributed by atoms with E-state index in [1.165, 1.54) is 16.7 Å². The molecule has 1 unspecified atom stereocenters. The molecule has 1 atom stereocenters. The third-order valence-corrected chi connectivity index (χ3v) is 5.18. The van der Waals surface area contributed by atoms with Crippen molar-refractivity contribution in [3.8, 4) is 0 Å². The van der Waals surface area contributed by atoms with Gasteiger partial charge in [-0.1, -0.05) is 51.3 Å². The van der Waals surface area contributed by atoms with Crippen LogP contribution in [0, 0.1) is 13.8 Å². The van der Waals surface area contributed by atoms with Gasteiger partial charge in [-0.25, -0.2) is 0 Å². The van der Waals surface area contributed by atoms with Crippen molar-refractivity contribution in [1.29, 1.82) is 0 Å². The van der Waals surface area contributed by atoms with Crippen LogP contribution in [0.1, 0.15) is 28.3 Å². The summed E-state index contributed by atoms with van der Waals surface area (Å²) in [6.45, 7) is 4.18. The van der Waals surface area contributed by atoms with Gasteiger partial charge in [-0.05, 0) is 61.3 Å². The Balaban J connectivity index is 2.55. The van der Waals surface area contributed by atoms with Crippen molar-refractivity contribution in [3.05, 3.63) is 67.1 Å². The highest BCUT2D eigenvalue weighted by molar-refractivity contribution is 9.10. The predicted molar refractivity (Wildman–Crippen MR) is 91.0 cm³/mol. The van der Waals surface area contributed by atoms with Gasteiger partial charge in [0.15, 0.2) is 0 Å². The van der Waals surface area contributed by atoms with Gasteiger partial charge in [0, 0.05) is 14.5 Å². The van der Waals surface area contributed by atoms with Crippen LogP contribution in [-0.2, 0) is 0 Å². The second kappa shape index (κ2) is 6.48. The molecule has 20 heavy (non-hydrogen) atoms. The molecule has 0 saturated carbocycles. The molecule has 0 aromatic heterocycles. The molecule has 2 rings (SSSR count). The van der Waals surface area contributed by atoms with Crippen molar-refractivity contribution < 1.29 is 0 Å². The summed E-state index contributed by atoms with van der Waals surface area (Å²) < 4.78 is 1.15. The predicted octanol–water partition coefficient (Wildman–Crippen LogP) is 5.68. The average molecular weight is 373 g/mol. The molecule has 0 aliphatic carbocycles. The van der Waals surface area contributed by atoms with E-state index in [9.17, 15) is 0 Å². The molecular weight excluding hydrogens is 357 g/mol. The zero-order valence-corrected chi connectivity index (χ0v) is 14.7. The summed E-state index contributed by atoms with van der Waals surface area (Å²) in [6.07, 6.45) is 0. The van der Waals surface area contributed by atoms with Crippen molar-refractivity contribution in [2.45, 2.75) is 19.9 Å². The van der Waals surface area contributed by atoms with Gasteiger partial charge in [-0.15, -0.1) is 0 Å². The minimum atomic E-state index is 0.0201. The normalized spacial score (nSPS) is 12.5. The van der Waals surface area contributed by atoms with Crippen LogP contribution in [0.5, 0.6) is 0 Å². The first kappa shape index (κ1) is 15.8. The Bertz CT molecular complexity index is 617. The van der Waals surface area contributed by atoms with E-state index in [4.69, 9.17) is 23.2 Å². The maximum atomic E-state index is 6.32. The molecule has 4 heteroatoms. The van der Waals surface area contributed by atoms with E-state index in [2.05, 4.69) is 47.2 Å². The van der Waals surface area contributed by atoms with Crippen molar-refractivity contribution in [2.24, 2.45) is 0 Å². The Morgan fingerprint density at radius 3 is 2.20 bits per heavy atom. The molecule has 0 radical (unpaired) electrons. The van der Waals surface area contributed by atoms with E-state index in [-0.39, 0.29) is 6.04 Å². The second-order valence-corrected chi connectivity index (χ2v) is 6.49. The number of nitrogens with one attached hydrogen (secondary N) is 1. The molecule has 0 bridgehead atoms. The summed E-state index contributed by atoms with van der Waals surface area (Å²) in [6, 6.07) is 9.90. The average Bonchev–Trinajstić information content (AvgIpc) is 2.40. The van der Waals surface area contributed by atoms with Gasteiger partial charge in [-0.2, -0.15) is 0 Å². The smallest absolute Gasteiger partial charge is 0.0589 e. The molecule has 2 aromatic rings. The Morgan fingerprint density at radius 1 is 1.05 bits per heavy atom. The monoisotopic (exact) mass is 371 g/mol. The van der Waals surface area contributed by atoms with Crippen LogP contribution in [0.25, 0.3) is 0 Å². The first-order chi connectivity index (χ1) is 9.43. The van der Waals surface area contributed by atoms with Gasteiger partial charge in [0.2, 0.25) is 0 Å². The van der Waals surface area contributed by atoms with Crippen molar-refractivity contribution in [3.63, 3.8) is 0 Å². The van der Waals surface area contributed by atoms with Crippen molar-refractivity contribution in [2.75, 3.05) is 7.05 Å². The zero-order valence-electron chi connectivity index (χ0n) is 11.6. The van der Waals surface area contributed by atoms with Crippen LogP contribution in [0.2, 0.25) is 10.0 Å². The Morgan fingerprint density at radius 2 is 1.65 bits per heavy atom. The van der Waals surface area contributed by atoms with E-state index in [1.807, 2.05) is 19.2 Å². The van der Waals surface area contributed by atoms with Crippen molar-refractivity contribution in [1.82, 2.24) is 5.32 Å². The van der Waals surface area contributed by atoms with E-state index < -0.39 is 0 Å². The molecule has 106 valence electrons. The minimum absolute atomic E-state index is 0.0201. The van der Waals surface area contributed by atoms with Crippen LogP contribution in [-0.4, -0.2) is 7.05 Å². The van der Waals surface area contributed by atoms with Crippen LogP contribution in [0.15, 0.2) is 34.8 Å². The van der Waals surface area contributed by atoms with Gasteiger partial charge in [0.1, 0.15) is 0 Å². The number of benzene rings is 2. The molecular formula is C16H16BrCl2N. The van der Waals surface area contributed by atoms with Crippen LogP contribution in [0.4, 0.5) is 0 Å². The minimum Gasteiger partial charge on any atom is -0.309 e. The van der Waals surface area contributed by atoms with E-state index >= 15 is 0 Å². The maximum absolute atomic E-state index is 6.32. The van der Waals surface area contributed by atoms with Gasteiger partial charge < -0.3 is 5.32 Å². The summed E-state index contributed by atoms with van der Waals surface area (Å²) in [5.41, 5.74) is 4.58. The fourth-order valence-corrected chi connectivity index (χ4v) is 3.02. The number of hydrogen-bond donors (Lipinski definition) is 1. The Kier molecular flexibility index (Phi) is 5.14. The van der Waals surface area contributed by atoms with Crippen LogP contribution in [0.3, 0.4) is 0 Å². The van der Waals surface area contributed by atoms with Gasteiger partial charge in [0.25, 0.3) is 0 Å². The van der Waals surface area contributed by atoms with E-state index in [0.29, 0.717) is 10.0 Å². The number of aryl methyl sites for hydroxylation is 2. The summed E-state index contributed by atoms with van der Waals surface area (Å²) in [7, 11) is 1.93. The highest BCUT2D eigenvalue weighted by atomic mass is 79.9. The molecule has 0 fully saturated rings. The van der Waals surface area contributed by atoms with E-state index in [0.717, 1.165) is 10.0 Å². The molecule has 1 N–H and O–H groups in total. The number of halogens is 3. The quantitative estimate of drug-likeness (QED) is 0.730. The molecule has 1 nitrogen and oxygen atoms in total. The topological polar surface area (TPSA) is 12.0 Å². The third-order valence-electron chi connectivity index (χ3n) is 3.35. The zero-order chi connectivity index (χ0) is 14.9. The highest BCUT2D eigenvalue weighted by Crippen LogP contribution is 2.33. The fourth-order valence-electron chi connectivity index (χ4n) is 2.38. The maximum Gasteiger partial charge on any atom is 0.0589 e. The van der Waals surface area contributed by atoms with Crippen molar-refractivity contribution >= 4 is 39.1 Å². The Labute approximate surface area is 138 Å². The number of hydrogen-bond acceptors (Lipinski definition) is 1. The Hall–Kier alpha value is -0.540. The molecule has 0 amide bonds. The van der Waals surface area contributed by atoms with E-state index in [1.54, 1.807) is 6.07 Å². The number of rotatable bonds is 3. The molecule has 2 aromatic carbocycles. The lowest BCUT2D eigenvalue weighted by molar-refractivity contribution is 0.690. The lowest BCUT2D eigenvalue weighted by Crippen LogP contribution is -2.18. The second-order valence-electron chi connectivity index (χ2n) is 4.86.